The molecule has 4 aromatic heterocycles. The molecule has 1 atom stereocenters. The van der Waals surface area contributed by atoms with Gasteiger partial charge in [-0.3, -0.25) is 14.2 Å². The first-order chi connectivity index (χ1) is 16.2. The minimum Gasteiger partial charge on any atom is -0.311 e. The molecule has 162 valence electrons. The van der Waals surface area contributed by atoms with Crippen LogP contribution in [0.25, 0.3) is 28.2 Å². The molecule has 0 amide bonds. The largest absolute Gasteiger partial charge is 0.311 e. The van der Waals surface area contributed by atoms with Gasteiger partial charge in [0.1, 0.15) is 12.0 Å². The monoisotopic (exact) mass is 435 g/mol. The van der Waals surface area contributed by atoms with Gasteiger partial charge in [0.05, 0.1) is 24.1 Å². The lowest BCUT2D eigenvalue weighted by Crippen LogP contribution is -2.32. The van der Waals surface area contributed by atoms with E-state index in [1.54, 1.807) is 17.2 Å². The van der Waals surface area contributed by atoms with Crippen LogP contribution in [-0.4, -0.2) is 39.5 Å². The maximum atomic E-state index is 5.09. The molecule has 33 heavy (non-hydrogen) atoms. The van der Waals surface area contributed by atoms with Gasteiger partial charge >= 0.3 is 0 Å². The van der Waals surface area contributed by atoms with Gasteiger partial charge in [0.15, 0.2) is 17.5 Å². The molecule has 0 aliphatic carbocycles. The van der Waals surface area contributed by atoms with Crippen molar-refractivity contribution in [1.29, 1.82) is 0 Å². The maximum absolute atomic E-state index is 5.09. The van der Waals surface area contributed by atoms with Crippen molar-refractivity contribution in [1.82, 2.24) is 39.5 Å². The van der Waals surface area contributed by atoms with E-state index in [4.69, 9.17) is 9.97 Å². The molecule has 0 radical (unpaired) electrons. The Hall–Kier alpha value is -4.40. The fourth-order valence-corrected chi connectivity index (χ4v) is 4.40. The molecule has 9 heteroatoms. The molecule has 0 bridgehead atoms. The Morgan fingerprint density at radius 1 is 1.00 bits per heavy atom. The normalized spacial score (nSPS) is 14.7. The first-order valence-corrected chi connectivity index (χ1v) is 10.8. The third-order valence-electron chi connectivity index (χ3n) is 5.92. The highest BCUT2D eigenvalue weighted by atomic mass is 15.4. The first-order valence-electron chi connectivity index (χ1n) is 10.8. The van der Waals surface area contributed by atoms with Crippen LogP contribution in [0.15, 0.2) is 73.7 Å². The zero-order valence-corrected chi connectivity index (χ0v) is 18.2. The van der Waals surface area contributed by atoms with E-state index in [9.17, 15) is 0 Å². The molecule has 6 rings (SSSR count). The predicted octanol–water partition coefficient (Wildman–Crippen LogP) is 4.12. The van der Waals surface area contributed by atoms with E-state index in [1.807, 2.05) is 60.7 Å². The summed E-state index contributed by atoms with van der Waals surface area (Å²) in [5.74, 6) is 2.29. The number of anilines is 2. The summed E-state index contributed by atoms with van der Waals surface area (Å²) in [6.45, 7) is 2.14. The van der Waals surface area contributed by atoms with E-state index in [0.717, 1.165) is 46.1 Å². The van der Waals surface area contributed by atoms with Crippen molar-refractivity contribution in [3.8, 4) is 28.2 Å². The number of benzene rings is 1. The van der Waals surface area contributed by atoms with Gasteiger partial charge in [-0.1, -0.05) is 37.3 Å². The van der Waals surface area contributed by atoms with Crippen molar-refractivity contribution in [3.63, 3.8) is 0 Å². The molecule has 0 fully saturated rings. The van der Waals surface area contributed by atoms with Crippen LogP contribution >= 0.6 is 0 Å². The summed E-state index contributed by atoms with van der Waals surface area (Å²) in [5.41, 5.74) is 4.76. The zero-order chi connectivity index (χ0) is 22.4. The van der Waals surface area contributed by atoms with Crippen molar-refractivity contribution >= 4 is 11.5 Å². The molecule has 1 aliphatic heterocycles. The lowest BCUT2D eigenvalue weighted by Gasteiger charge is -2.35. The maximum Gasteiger partial charge on any atom is 0.162 e. The second-order valence-electron chi connectivity index (χ2n) is 7.92. The van der Waals surface area contributed by atoms with Gasteiger partial charge in [-0.15, -0.1) is 10.2 Å². The number of aromatic nitrogens is 8. The number of rotatable bonds is 4. The predicted molar refractivity (Wildman–Crippen MR) is 124 cm³/mol. The molecular weight excluding hydrogens is 414 g/mol. The summed E-state index contributed by atoms with van der Waals surface area (Å²) in [6, 6.07) is 12.1. The van der Waals surface area contributed by atoms with Gasteiger partial charge in [0, 0.05) is 36.8 Å². The second kappa shape index (κ2) is 7.63. The van der Waals surface area contributed by atoms with Crippen LogP contribution in [-0.2, 0) is 7.05 Å². The summed E-state index contributed by atoms with van der Waals surface area (Å²) in [5, 5.41) is 13.0. The third kappa shape index (κ3) is 3.08. The number of fused-ring (bicyclic) bond motifs is 3. The van der Waals surface area contributed by atoms with Crippen LogP contribution in [0.4, 0.5) is 11.5 Å². The van der Waals surface area contributed by atoms with Crippen LogP contribution in [0.3, 0.4) is 0 Å². The minimum atomic E-state index is -0.0296. The molecule has 1 aromatic carbocycles. The zero-order valence-electron chi connectivity index (χ0n) is 18.2. The fourth-order valence-electron chi connectivity index (χ4n) is 4.40. The van der Waals surface area contributed by atoms with Crippen molar-refractivity contribution in [2.45, 2.75) is 19.4 Å². The van der Waals surface area contributed by atoms with E-state index in [1.165, 1.54) is 0 Å². The minimum absolute atomic E-state index is 0.0296. The first kappa shape index (κ1) is 19.3. The molecule has 5 aromatic rings. The Morgan fingerprint density at radius 2 is 1.88 bits per heavy atom. The van der Waals surface area contributed by atoms with E-state index in [2.05, 4.69) is 44.2 Å². The molecule has 0 saturated carbocycles. The summed E-state index contributed by atoms with van der Waals surface area (Å²) >= 11 is 0. The van der Waals surface area contributed by atoms with Crippen molar-refractivity contribution in [2.75, 3.05) is 4.90 Å². The average Bonchev–Trinajstić information content (AvgIpc) is 3.52. The molecule has 0 saturated heterocycles. The number of aryl methyl sites for hydroxylation is 1. The van der Waals surface area contributed by atoms with Crippen molar-refractivity contribution in [3.05, 3.63) is 79.5 Å². The molecule has 9 nitrogen and oxygen atoms in total. The van der Waals surface area contributed by atoms with Crippen LogP contribution in [0.1, 0.15) is 25.2 Å². The smallest absolute Gasteiger partial charge is 0.162 e. The van der Waals surface area contributed by atoms with Crippen LogP contribution in [0, 0.1) is 0 Å². The standard InChI is InChI=1S/C24H21N9/c1-3-20-24-30-27-15-32(24)21-13-26-22(29-23(21)33(20)17-11-28-31(2)14-17)18-9-10-25-12-19(18)16-7-5-4-6-8-16/h4-15,20H,3H2,1-2H3/t20-/m1/s1. The molecule has 5 heterocycles. The number of hydrogen-bond acceptors (Lipinski definition) is 7. The molecule has 0 N–H and O–H groups in total. The molecular formula is C24H21N9. The number of hydrogen-bond donors (Lipinski definition) is 0. The Bertz CT molecular complexity index is 1440. The Labute approximate surface area is 190 Å². The lowest BCUT2D eigenvalue weighted by atomic mass is 10.0. The average molecular weight is 435 g/mol. The Morgan fingerprint density at radius 3 is 2.67 bits per heavy atom. The van der Waals surface area contributed by atoms with Gasteiger partial charge in [0.25, 0.3) is 0 Å². The van der Waals surface area contributed by atoms with Crippen LogP contribution < -0.4 is 4.90 Å². The van der Waals surface area contributed by atoms with E-state index >= 15 is 0 Å². The van der Waals surface area contributed by atoms with Gasteiger partial charge in [-0.2, -0.15) is 5.10 Å². The highest BCUT2D eigenvalue weighted by Crippen LogP contribution is 2.43. The van der Waals surface area contributed by atoms with Gasteiger partial charge in [0.2, 0.25) is 0 Å². The summed E-state index contributed by atoms with van der Waals surface area (Å²) in [6.07, 6.45) is 11.9. The van der Waals surface area contributed by atoms with E-state index in [-0.39, 0.29) is 6.04 Å². The quantitative estimate of drug-likeness (QED) is 0.419. The van der Waals surface area contributed by atoms with Gasteiger partial charge < -0.3 is 4.90 Å². The molecule has 0 unspecified atom stereocenters. The second-order valence-corrected chi connectivity index (χ2v) is 7.92. The topological polar surface area (TPSA) is 90.4 Å². The van der Waals surface area contributed by atoms with Crippen LogP contribution in [0.2, 0.25) is 0 Å². The van der Waals surface area contributed by atoms with Crippen molar-refractivity contribution < 1.29 is 0 Å². The summed E-state index contributed by atoms with van der Waals surface area (Å²) < 4.78 is 3.77. The Balaban J connectivity index is 1.57. The van der Waals surface area contributed by atoms with Crippen molar-refractivity contribution in [2.24, 2.45) is 7.05 Å². The van der Waals surface area contributed by atoms with Crippen LogP contribution in [0.5, 0.6) is 0 Å². The molecule has 1 aliphatic rings. The van der Waals surface area contributed by atoms with Gasteiger partial charge in [-0.05, 0) is 18.1 Å². The van der Waals surface area contributed by atoms with Gasteiger partial charge in [-0.25, -0.2) is 9.97 Å². The van der Waals surface area contributed by atoms with E-state index < -0.39 is 0 Å². The van der Waals surface area contributed by atoms with E-state index in [0.29, 0.717) is 5.82 Å². The highest BCUT2D eigenvalue weighted by Gasteiger charge is 2.35. The summed E-state index contributed by atoms with van der Waals surface area (Å²) in [7, 11) is 1.91. The summed E-state index contributed by atoms with van der Waals surface area (Å²) in [4.78, 5) is 16.4. The lowest BCUT2D eigenvalue weighted by molar-refractivity contribution is 0.589. The SMILES string of the molecule is CC[C@@H]1c2nncn2-c2cnc(-c3ccncc3-c3ccccc3)nc2N1c1cnn(C)c1. The fraction of sp³-hybridized carbons (Fsp3) is 0.167. The Kier molecular flexibility index (Phi) is 4.46. The highest BCUT2D eigenvalue weighted by molar-refractivity contribution is 5.81. The number of nitrogens with zero attached hydrogens (tertiary/aromatic N) is 9. The molecule has 0 spiro atoms. The number of pyridine rings is 1. The third-order valence-corrected chi connectivity index (χ3v) is 5.92.